The van der Waals surface area contributed by atoms with E-state index < -0.39 is 0 Å². The van der Waals surface area contributed by atoms with Gasteiger partial charge in [0, 0.05) is 15.7 Å². The lowest BCUT2D eigenvalue weighted by Crippen LogP contribution is -2.11. The lowest BCUT2D eigenvalue weighted by molar-refractivity contribution is 0.102. The summed E-state index contributed by atoms with van der Waals surface area (Å²) in [6, 6.07) is 24.6. The smallest absolute Gasteiger partial charge is 0.255 e. The Bertz CT molecular complexity index is 834. The maximum absolute atomic E-state index is 12.4. The van der Waals surface area contributed by atoms with E-state index in [0.717, 1.165) is 15.7 Å². The van der Waals surface area contributed by atoms with Crippen molar-refractivity contribution in [3.63, 3.8) is 0 Å². The highest BCUT2D eigenvalue weighted by Gasteiger charge is 2.07. The highest BCUT2D eigenvalue weighted by molar-refractivity contribution is 9.10. The van der Waals surface area contributed by atoms with E-state index in [-0.39, 0.29) is 5.91 Å². The Labute approximate surface area is 149 Å². The van der Waals surface area contributed by atoms with E-state index >= 15 is 0 Å². The summed E-state index contributed by atoms with van der Waals surface area (Å²) in [4.78, 5) is 12.4. The SMILES string of the molecule is O=C(Nc1cccc(Br)c1)c1cccc(OCc2ccccc2)c1. The van der Waals surface area contributed by atoms with Crippen LogP contribution in [-0.4, -0.2) is 5.91 Å². The first-order valence-electron chi connectivity index (χ1n) is 7.54. The maximum Gasteiger partial charge on any atom is 0.255 e. The van der Waals surface area contributed by atoms with Crippen LogP contribution in [-0.2, 0) is 6.61 Å². The molecule has 24 heavy (non-hydrogen) atoms. The topological polar surface area (TPSA) is 38.3 Å². The molecule has 1 N–H and O–H groups in total. The number of halogens is 1. The van der Waals surface area contributed by atoms with Gasteiger partial charge in [-0.1, -0.05) is 58.4 Å². The zero-order valence-electron chi connectivity index (χ0n) is 12.9. The third-order valence-electron chi connectivity index (χ3n) is 3.43. The Morgan fingerprint density at radius 2 is 1.71 bits per heavy atom. The maximum atomic E-state index is 12.4. The predicted octanol–water partition coefficient (Wildman–Crippen LogP) is 5.28. The van der Waals surface area contributed by atoms with Gasteiger partial charge in [0.1, 0.15) is 12.4 Å². The highest BCUT2D eigenvalue weighted by atomic mass is 79.9. The first kappa shape index (κ1) is 16.3. The fourth-order valence-electron chi connectivity index (χ4n) is 2.24. The average Bonchev–Trinajstić information content (AvgIpc) is 2.61. The minimum Gasteiger partial charge on any atom is -0.489 e. The van der Waals surface area contributed by atoms with Crippen LogP contribution >= 0.6 is 15.9 Å². The van der Waals surface area contributed by atoms with Crippen LogP contribution in [0.5, 0.6) is 5.75 Å². The fourth-order valence-corrected chi connectivity index (χ4v) is 2.64. The number of benzene rings is 3. The molecule has 0 bridgehead atoms. The summed E-state index contributed by atoms with van der Waals surface area (Å²) in [6.07, 6.45) is 0. The summed E-state index contributed by atoms with van der Waals surface area (Å²) in [5, 5.41) is 2.88. The van der Waals surface area contributed by atoms with Crippen LogP contribution in [0.4, 0.5) is 5.69 Å². The molecule has 0 fully saturated rings. The Morgan fingerprint density at radius 1 is 0.917 bits per heavy atom. The van der Waals surface area contributed by atoms with Crippen molar-refractivity contribution in [3.8, 4) is 5.75 Å². The Balaban J connectivity index is 1.67. The molecule has 120 valence electrons. The quantitative estimate of drug-likeness (QED) is 0.652. The number of rotatable bonds is 5. The summed E-state index contributed by atoms with van der Waals surface area (Å²) in [7, 11) is 0. The van der Waals surface area contributed by atoms with Crippen LogP contribution in [0.3, 0.4) is 0 Å². The summed E-state index contributed by atoms with van der Waals surface area (Å²) < 4.78 is 6.68. The Hall–Kier alpha value is -2.59. The molecule has 0 saturated heterocycles. The number of anilines is 1. The van der Waals surface area contributed by atoms with Crippen LogP contribution in [0.25, 0.3) is 0 Å². The van der Waals surface area contributed by atoms with Crippen molar-refractivity contribution in [3.05, 3.63) is 94.5 Å². The van der Waals surface area contributed by atoms with Gasteiger partial charge in [0.05, 0.1) is 0 Å². The van der Waals surface area contributed by atoms with Crippen LogP contribution in [0, 0.1) is 0 Å². The molecule has 0 unspecified atom stereocenters. The molecule has 0 aromatic heterocycles. The van der Waals surface area contributed by atoms with Gasteiger partial charge in [0.25, 0.3) is 5.91 Å². The third-order valence-corrected chi connectivity index (χ3v) is 3.92. The van der Waals surface area contributed by atoms with Crippen molar-refractivity contribution in [1.82, 2.24) is 0 Å². The molecule has 3 nitrogen and oxygen atoms in total. The first-order valence-corrected chi connectivity index (χ1v) is 8.34. The first-order chi connectivity index (χ1) is 11.7. The van der Waals surface area contributed by atoms with E-state index in [4.69, 9.17) is 4.74 Å². The number of carbonyl (C=O) groups excluding carboxylic acids is 1. The van der Waals surface area contributed by atoms with Gasteiger partial charge < -0.3 is 10.1 Å². The van der Waals surface area contributed by atoms with Crippen LogP contribution < -0.4 is 10.1 Å². The molecule has 0 spiro atoms. The number of hydrogen-bond acceptors (Lipinski definition) is 2. The van der Waals surface area contributed by atoms with E-state index in [1.807, 2.05) is 66.7 Å². The van der Waals surface area contributed by atoms with E-state index in [1.165, 1.54) is 0 Å². The van der Waals surface area contributed by atoms with E-state index in [1.54, 1.807) is 12.1 Å². The molecule has 0 heterocycles. The molecule has 3 rings (SSSR count). The van der Waals surface area contributed by atoms with E-state index in [9.17, 15) is 4.79 Å². The summed E-state index contributed by atoms with van der Waals surface area (Å²) >= 11 is 3.39. The highest BCUT2D eigenvalue weighted by Crippen LogP contribution is 2.19. The molecular weight excluding hydrogens is 366 g/mol. The molecule has 3 aromatic carbocycles. The largest absolute Gasteiger partial charge is 0.489 e. The summed E-state index contributed by atoms with van der Waals surface area (Å²) in [5.41, 5.74) is 2.38. The van der Waals surface area contributed by atoms with Gasteiger partial charge in [-0.25, -0.2) is 0 Å². The number of ether oxygens (including phenoxy) is 1. The Morgan fingerprint density at radius 3 is 2.50 bits per heavy atom. The van der Waals surface area contributed by atoms with Gasteiger partial charge in [-0.15, -0.1) is 0 Å². The number of hydrogen-bond donors (Lipinski definition) is 1. The zero-order valence-corrected chi connectivity index (χ0v) is 14.5. The van der Waals surface area contributed by atoms with Crippen LogP contribution in [0.1, 0.15) is 15.9 Å². The van der Waals surface area contributed by atoms with Gasteiger partial charge in [0.15, 0.2) is 0 Å². The molecule has 0 saturated carbocycles. The lowest BCUT2D eigenvalue weighted by atomic mass is 10.2. The zero-order chi connectivity index (χ0) is 16.8. The van der Waals surface area contributed by atoms with Crippen molar-refractivity contribution < 1.29 is 9.53 Å². The van der Waals surface area contributed by atoms with Crippen molar-refractivity contribution in [1.29, 1.82) is 0 Å². The molecule has 0 aliphatic carbocycles. The molecule has 1 amide bonds. The molecule has 0 radical (unpaired) electrons. The van der Waals surface area contributed by atoms with Gasteiger partial charge in [-0.3, -0.25) is 4.79 Å². The van der Waals surface area contributed by atoms with E-state index in [2.05, 4.69) is 21.2 Å². The normalized spacial score (nSPS) is 10.2. The summed E-state index contributed by atoms with van der Waals surface area (Å²) in [5.74, 6) is 0.499. The number of amides is 1. The number of nitrogens with one attached hydrogen (secondary N) is 1. The van der Waals surface area contributed by atoms with Crippen molar-refractivity contribution >= 4 is 27.5 Å². The molecule has 0 aliphatic rings. The second-order valence-electron chi connectivity index (χ2n) is 5.27. The Kier molecular flexibility index (Phi) is 5.29. The fraction of sp³-hybridized carbons (Fsp3) is 0.0500. The summed E-state index contributed by atoms with van der Waals surface area (Å²) in [6.45, 7) is 0.470. The number of carbonyl (C=O) groups is 1. The van der Waals surface area contributed by atoms with Crippen molar-refractivity contribution in [2.75, 3.05) is 5.32 Å². The van der Waals surface area contributed by atoms with Crippen LogP contribution in [0.2, 0.25) is 0 Å². The minimum absolute atomic E-state index is 0.168. The van der Waals surface area contributed by atoms with Gasteiger partial charge in [-0.05, 0) is 42.0 Å². The molecule has 3 aromatic rings. The van der Waals surface area contributed by atoms with Crippen molar-refractivity contribution in [2.24, 2.45) is 0 Å². The van der Waals surface area contributed by atoms with Gasteiger partial charge in [-0.2, -0.15) is 0 Å². The second kappa shape index (κ2) is 7.79. The monoisotopic (exact) mass is 381 g/mol. The van der Waals surface area contributed by atoms with Gasteiger partial charge >= 0.3 is 0 Å². The second-order valence-corrected chi connectivity index (χ2v) is 6.18. The third kappa shape index (κ3) is 4.46. The molecule has 4 heteroatoms. The predicted molar refractivity (Wildman–Crippen MR) is 99.3 cm³/mol. The lowest BCUT2D eigenvalue weighted by Gasteiger charge is -2.09. The molecule has 0 aliphatic heterocycles. The van der Waals surface area contributed by atoms with Crippen LogP contribution in [0.15, 0.2) is 83.3 Å². The average molecular weight is 382 g/mol. The molecular formula is C20H16BrNO2. The molecule has 0 atom stereocenters. The van der Waals surface area contributed by atoms with E-state index in [0.29, 0.717) is 17.9 Å². The minimum atomic E-state index is -0.168. The van der Waals surface area contributed by atoms with Crippen molar-refractivity contribution in [2.45, 2.75) is 6.61 Å². The van der Waals surface area contributed by atoms with Gasteiger partial charge in [0.2, 0.25) is 0 Å². The standard InChI is InChI=1S/C20H16BrNO2/c21-17-9-5-10-18(13-17)22-20(23)16-8-4-11-19(12-16)24-14-15-6-2-1-3-7-15/h1-13H,14H2,(H,22,23).